The highest BCUT2D eigenvalue weighted by molar-refractivity contribution is 7.89. The quantitative estimate of drug-likeness (QED) is 0.894. The number of aliphatic carboxylic acids is 1. The van der Waals surface area contributed by atoms with E-state index in [0.717, 1.165) is 4.31 Å². The third-order valence-electron chi connectivity index (χ3n) is 2.90. The number of carbonyl (C=O) groups is 1. The van der Waals surface area contributed by atoms with Gasteiger partial charge in [0, 0.05) is 11.6 Å². The number of benzene rings is 1. The van der Waals surface area contributed by atoms with Crippen molar-refractivity contribution in [3.63, 3.8) is 0 Å². The summed E-state index contributed by atoms with van der Waals surface area (Å²) < 4.78 is 26.1. The van der Waals surface area contributed by atoms with Gasteiger partial charge in [0.15, 0.2) is 0 Å². The zero-order valence-corrected chi connectivity index (χ0v) is 13.6. The number of rotatable bonds is 5. The zero-order chi connectivity index (χ0) is 15.7. The van der Waals surface area contributed by atoms with Crippen molar-refractivity contribution in [1.29, 1.82) is 0 Å². The molecule has 5 nitrogen and oxygen atoms in total. The van der Waals surface area contributed by atoms with Crippen molar-refractivity contribution < 1.29 is 18.3 Å². The molecule has 0 aliphatic rings. The Hall–Kier alpha value is -0.820. The molecule has 0 saturated carbocycles. The summed E-state index contributed by atoms with van der Waals surface area (Å²) >= 11 is 11.7. The molecule has 1 N–H and O–H groups in total. The fourth-order valence-corrected chi connectivity index (χ4v) is 4.26. The van der Waals surface area contributed by atoms with Gasteiger partial charge in [-0.15, -0.1) is 0 Å². The van der Waals surface area contributed by atoms with E-state index < -0.39 is 21.5 Å². The fourth-order valence-electron chi connectivity index (χ4n) is 1.77. The van der Waals surface area contributed by atoms with E-state index in [4.69, 9.17) is 23.2 Å². The Morgan fingerprint density at radius 3 is 2.35 bits per heavy atom. The van der Waals surface area contributed by atoms with Gasteiger partial charge in [0.2, 0.25) is 10.0 Å². The van der Waals surface area contributed by atoms with Gasteiger partial charge in [0.1, 0.15) is 10.4 Å². The van der Waals surface area contributed by atoms with Crippen molar-refractivity contribution in [2.75, 3.05) is 6.54 Å². The predicted molar refractivity (Wildman–Crippen MR) is 77.7 cm³/mol. The maximum atomic E-state index is 12.6. The van der Waals surface area contributed by atoms with Crippen molar-refractivity contribution in [2.24, 2.45) is 0 Å². The number of hydrogen-bond acceptors (Lipinski definition) is 3. The second-order valence-electron chi connectivity index (χ2n) is 4.61. The molecular formula is C12H15Cl2NO4S. The molecule has 0 aliphatic heterocycles. The molecule has 0 fully saturated rings. The van der Waals surface area contributed by atoms with Crippen molar-refractivity contribution >= 4 is 39.2 Å². The monoisotopic (exact) mass is 339 g/mol. The van der Waals surface area contributed by atoms with Crippen LogP contribution in [0.5, 0.6) is 0 Å². The van der Waals surface area contributed by atoms with Gasteiger partial charge in [0.25, 0.3) is 0 Å². The second kappa shape index (κ2) is 5.89. The van der Waals surface area contributed by atoms with Gasteiger partial charge in [-0.1, -0.05) is 30.1 Å². The minimum Gasteiger partial charge on any atom is -0.480 e. The summed E-state index contributed by atoms with van der Waals surface area (Å²) in [4.78, 5) is 11.1. The van der Waals surface area contributed by atoms with Crippen LogP contribution in [0.1, 0.15) is 20.8 Å². The molecule has 0 atom stereocenters. The molecule has 0 saturated heterocycles. The van der Waals surface area contributed by atoms with Crippen molar-refractivity contribution in [1.82, 2.24) is 4.31 Å². The largest absolute Gasteiger partial charge is 0.480 e. The zero-order valence-electron chi connectivity index (χ0n) is 11.2. The maximum absolute atomic E-state index is 12.6. The molecule has 0 bridgehead atoms. The molecular weight excluding hydrogens is 325 g/mol. The molecule has 1 aromatic rings. The van der Waals surface area contributed by atoms with Gasteiger partial charge < -0.3 is 5.11 Å². The molecule has 0 aliphatic carbocycles. The molecule has 0 unspecified atom stereocenters. The summed E-state index contributed by atoms with van der Waals surface area (Å²) in [5, 5.41) is 9.41. The third-order valence-corrected chi connectivity index (χ3v) is 5.76. The van der Waals surface area contributed by atoms with Gasteiger partial charge >= 0.3 is 5.97 Å². The fraction of sp³-hybridized carbons (Fsp3) is 0.417. The number of sulfonamides is 1. The van der Waals surface area contributed by atoms with E-state index in [1.54, 1.807) is 6.92 Å². The number of carboxylic acid groups (broad SMARTS) is 1. The van der Waals surface area contributed by atoms with Crippen LogP contribution in [0, 0.1) is 0 Å². The lowest BCUT2D eigenvalue weighted by Crippen LogP contribution is -2.52. The molecule has 0 heterocycles. The second-order valence-corrected chi connectivity index (χ2v) is 7.28. The highest BCUT2D eigenvalue weighted by Crippen LogP contribution is 2.31. The lowest BCUT2D eigenvalue weighted by atomic mass is 10.1. The smallest absolute Gasteiger partial charge is 0.324 e. The first-order valence-corrected chi connectivity index (χ1v) is 7.96. The summed E-state index contributed by atoms with van der Waals surface area (Å²) in [7, 11) is -4.07. The Labute approximate surface area is 128 Å². The average molecular weight is 340 g/mol. The summed E-state index contributed by atoms with van der Waals surface area (Å²) in [6, 6.07) is 4.03. The number of carboxylic acids is 1. The van der Waals surface area contributed by atoms with Gasteiger partial charge in [-0.3, -0.25) is 4.79 Å². The summed E-state index contributed by atoms with van der Waals surface area (Å²) in [5.74, 6) is -1.25. The lowest BCUT2D eigenvalue weighted by Gasteiger charge is -2.33. The first kappa shape index (κ1) is 17.2. The van der Waals surface area contributed by atoms with Crippen molar-refractivity contribution in [2.45, 2.75) is 31.2 Å². The van der Waals surface area contributed by atoms with Crippen LogP contribution in [-0.4, -0.2) is 35.9 Å². The molecule has 8 heteroatoms. The number of hydrogen-bond donors (Lipinski definition) is 1. The average Bonchev–Trinajstić information content (AvgIpc) is 2.32. The predicted octanol–water partition coefficient (Wildman–Crippen LogP) is 2.87. The minimum atomic E-state index is -4.07. The summed E-state index contributed by atoms with van der Waals surface area (Å²) in [6.45, 7) is 4.18. The molecule has 0 radical (unpaired) electrons. The summed E-state index contributed by atoms with van der Waals surface area (Å²) in [5.41, 5.74) is -1.60. The first-order valence-electron chi connectivity index (χ1n) is 5.76. The molecule has 0 amide bonds. The van der Waals surface area contributed by atoms with E-state index in [9.17, 15) is 18.3 Å². The van der Waals surface area contributed by atoms with Crippen molar-refractivity contribution in [3.8, 4) is 0 Å². The summed E-state index contributed by atoms with van der Waals surface area (Å²) in [6.07, 6.45) is 0. The topological polar surface area (TPSA) is 74.7 Å². The van der Waals surface area contributed by atoms with E-state index in [1.807, 2.05) is 0 Å². The molecule has 1 aromatic carbocycles. The SMILES string of the molecule is CCN(C(C)(C)C(=O)O)S(=O)(=O)c1cc(Cl)ccc1Cl. The minimum absolute atomic E-state index is 0.00552. The molecule has 0 aromatic heterocycles. The standard InChI is InChI=1S/C12H15Cl2NO4S/c1-4-15(12(2,3)11(16)17)20(18,19)10-7-8(13)5-6-9(10)14/h5-7H,4H2,1-3H3,(H,16,17). The Kier molecular flexibility index (Phi) is 5.08. The highest BCUT2D eigenvalue weighted by Gasteiger charge is 2.42. The van der Waals surface area contributed by atoms with E-state index >= 15 is 0 Å². The molecule has 1 rings (SSSR count). The Morgan fingerprint density at radius 1 is 1.35 bits per heavy atom. The van der Waals surface area contributed by atoms with Crippen molar-refractivity contribution in [3.05, 3.63) is 28.2 Å². The van der Waals surface area contributed by atoms with Crippen LogP contribution >= 0.6 is 23.2 Å². The molecule has 112 valence electrons. The molecule has 20 heavy (non-hydrogen) atoms. The number of halogens is 2. The van der Waals surface area contributed by atoms with Crippen LogP contribution in [0.3, 0.4) is 0 Å². The van der Waals surface area contributed by atoms with Gasteiger partial charge in [-0.25, -0.2) is 8.42 Å². The van der Waals surface area contributed by atoms with Crippen LogP contribution in [0.4, 0.5) is 0 Å². The molecule has 0 spiro atoms. The van der Waals surface area contributed by atoms with Gasteiger partial charge in [0.05, 0.1) is 5.02 Å². The number of nitrogens with zero attached hydrogens (tertiary/aromatic N) is 1. The Morgan fingerprint density at radius 2 is 1.90 bits per heavy atom. The highest BCUT2D eigenvalue weighted by atomic mass is 35.5. The van der Waals surface area contributed by atoms with Crippen LogP contribution in [0.2, 0.25) is 10.0 Å². The van der Waals surface area contributed by atoms with E-state index in [-0.39, 0.29) is 21.5 Å². The van der Waals surface area contributed by atoms with Crippen LogP contribution in [0.15, 0.2) is 23.1 Å². The maximum Gasteiger partial charge on any atom is 0.324 e. The normalized spacial score (nSPS) is 12.7. The Bertz CT molecular complexity index is 628. The Balaban J connectivity index is 3.48. The van der Waals surface area contributed by atoms with E-state index in [1.165, 1.54) is 32.0 Å². The van der Waals surface area contributed by atoms with E-state index in [0.29, 0.717) is 0 Å². The van der Waals surface area contributed by atoms with E-state index in [2.05, 4.69) is 0 Å². The van der Waals surface area contributed by atoms with Crippen LogP contribution in [-0.2, 0) is 14.8 Å². The van der Waals surface area contributed by atoms with Gasteiger partial charge in [-0.05, 0) is 32.0 Å². The van der Waals surface area contributed by atoms with Gasteiger partial charge in [-0.2, -0.15) is 4.31 Å². The lowest BCUT2D eigenvalue weighted by molar-refractivity contribution is -0.146. The number of likely N-dealkylation sites (N-methyl/N-ethyl adjacent to an activating group) is 1. The van der Waals surface area contributed by atoms with Crippen LogP contribution in [0.25, 0.3) is 0 Å². The first-order chi connectivity index (χ1) is 9.05. The van der Waals surface area contributed by atoms with Crippen LogP contribution < -0.4 is 0 Å². The third kappa shape index (κ3) is 3.09.